The molecule has 1 heterocycles. The second-order valence-corrected chi connectivity index (χ2v) is 9.23. The smallest absolute Gasteiger partial charge is 0.300 e. The van der Waals surface area contributed by atoms with Crippen LogP contribution in [-0.4, -0.2) is 23.4 Å². The molecule has 0 bridgehead atoms. The molecule has 34 heavy (non-hydrogen) atoms. The summed E-state index contributed by atoms with van der Waals surface area (Å²) in [5, 5.41) is 11.7. The van der Waals surface area contributed by atoms with Gasteiger partial charge in [-0.05, 0) is 72.5 Å². The number of halogens is 1. The van der Waals surface area contributed by atoms with Gasteiger partial charge in [0.1, 0.15) is 11.5 Å². The highest BCUT2D eigenvalue weighted by Gasteiger charge is 2.47. The molecule has 0 spiro atoms. The SMILES string of the molecule is Cc1cccc(N2C(=O)C(=O)/C(=C(/O)c3ccc(Cl)cc3)C2c2cccc(OCC(C)C)c2)c1. The summed E-state index contributed by atoms with van der Waals surface area (Å²) in [4.78, 5) is 28.0. The van der Waals surface area contributed by atoms with Crippen molar-refractivity contribution in [3.05, 3.63) is 100 Å². The summed E-state index contributed by atoms with van der Waals surface area (Å²) in [6.07, 6.45) is 0. The first kappa shape index (κ1) is 23.6. The number of amides is 1. The fraction of sp³-hybridized carbons (Fsp3) is 0.214. The van der Waals surface area contributed by atoms with Gasteiger partial charge in [0.05, 0.1) is 18.2 Å². The average Bonchev–Trinajstić information content (AvgIpc) is 3.08. The van der Waals surface area contributed by atoms with Crippen LogP contribution in [0.25, 0.3) is 5.76 Å². The number of benzene rings is 3. The summed E-state index contributed by atoms with van der Waals surface area (Å²) >= 11 is 6.00. The lowest BCUT2D eigenvalue weighted by molar-refractivity contribution is -0.132. The predicted octanol–water partition coefficient (Wildman–Crippen LogP) is 6.31. The van der Waals surface area contributed by atoms with Gasteiger partial charge < -0.3 is 9.84 Å². The van der Waals surface area contributed by atoms with Crippen molar-refractivity contribution >= 4 is 34.7 Å². The van der Waals surface area contributed by atoms with Crippen molar-refractivity contribution in [1.29, 1.82) is 0 Å². The molecule has 1 unspecified atom stereocenters. The quantitative estimate of drug-likeness (QED) is 0.258. The molecular formula is C28H26ClNO4. The second kappa shape index (κ2) is 9.74. The van der Waals surface area contributed by atoms with Gasteiger partial charge in [0.15, 0.2) is 0 Å². The molecular weight excluding hydrogens is 450 g/mol. The maximum Gasteiger partial charge on any atom is 0.300 e. The Balaban J connectivity index is 1.89. The van der Waals surface area contributed by atoms with Gasteiger partial charge in [-0.1, -0.05) is 49.7 Å². The highest BCUT2D eigenvalue weighted by molar-refractivity contribution is 6.51. The van der Waals surface area contributed by atoms with E-state index in [-0.39, 0.29) is 11.3 Å². The predicted molar refractivity (Wildman–Crippen MR) is 134 cm³/mol. The van der Waals surface area contributed by atoms with E-state index >= 15 is 0 Å². The summed E-state index contributed by atoms with van der Waals surface area (Å²) in [5.41, 5.74) is 2.62. The van der Waals surface area contributed by atoms with E-state index in [1.807, 2.05) is 49.4 Å². The number of hydrogen-bond donors (Lipinski definition) is 1. The minimum absolute atomic E-state index is 0.0230. The number of Topliss-reactive ketones (excluding diaryl/α,β-unsaturated/α-hetero) is 1. The molecule has 1 amide bonds. The highest BCUT2D eigenvalue weighted by Crippen LogP contribution is 2.43. The molecule has 6 heteroatoms. The molecule has 1 aliphatic heterocycles. The molecule has 3 aromatic carbocycles. The third kappa shape index (κ3) is 4.70. The molecule has 0 radical (unpaired) electrons. The summed E-state index contributed by atoms with van der Waals surface area (Å²) in [5.74, 6) is -0.713. The minimum atomic E-state index is -0.819. The van der Waals surface area contributed by atoms with Gasteiger partial charge in [-0.3, -0.25) is 14.5 Å². The number of rotatable bonds is 6. The van der Waals surface area contributed by atoms with Crippen LogP contribution in [0.3, 0.4) is 0 Å². The third-order valence-corrected chi connectivity index (χ3v) is 5.85. The molecule has 4 rings (SSSR count). The average molecular weight is 476 g/mol. The zero-order chi connectivity index (χ0) is 24.4. The van der Waals surface area contributed by atoms with Crippen LogP contribution in [-0.2, 0) is 9.59 Å². The van der Waals surface area contributed by atoms with E-state index in [2.05, 4.69) is 13.8 Å². The molecule has 174 valence electrons. The number of anilines is 1. The zero-order valence-electron chi connectivity index (χ0n) is 19.3. The lowest BCUT2D eigenvalue weighted by Crippen LogP contribution is -2.29. The van der Waals surface area contributed by atoms with Crippen molar-refractivity contribution < 1.29 is 19.4 Å². The normalized spacial score (nSPS) is 17.4. The Morgan fingerprint density at radius 2 is 1.74 bits per heavy atom. The Bertz CT molecular complexity index is 1260. The number of aryl methyl sites for hydroxylation is 1. The lowest BCUT2D eigenvalue weighted by atomic mass is 9.95. The van der Waals surface area contributed by atoms with Gasteiger partial charge in [-0.2, -0.15) is 0 Å². The highest BCUT2D eigenvalue weighted by atomic mass is 35.5. The lowest BCUT2D eigenvalue weighted by Gasteiger charge is -2.26. The standard InChI is InChI=1S/C28H26ClNO4/c1-17(2)16-34-23-9-5-7-20(15-23)25-24(26(31)19-10-12-21(29)13-11-19)27(32)28(33)30(25)22-8-4-6-18(3)14-22/h4-15,17,25,31H,16H2,1-3H3/b26-24+. The first-order valence-electron chi connectivity index (χ1n) is 11.1. The van der Waals surface area contributed by atoms with Crippen molar-refractivity contribution in [2.75, 3.05) is 11.5 Å². The molecule has 1 N–H and O–H groups in total. The second-order valence-electron chi connectivity index (χ2n) is 8.79. The first-order valence-corrected chi connectivity index (χ1v) is 11.5. The number of ketones is 1. The summed E-state index contributed by atoms with van der Waals surface area (Å²) in [6, 6.07) is 20.4. The molecule has 5 nitrogen and oxygen atoms in total. The number of ether oxygens (including phenoxy) is 1. The van der Waals surface area contributed by atoms with Crippen molar-refractivity contribution in [3.63, 3.8) is 0 Å². The fourth-order valence-electron chi connectivity index (χ4n) is 3.99. The molecule has 1 atom stereocenters. The Morgan fingerprint density at radius 3 is 2.41 bits per heavy atom. The van der Waals surface area contributed by atoms with E-state index in [0.29, 0.717) is 40.1 Å². The van der Waals surface area contributed by atoms with Gasteiger partial charge in [-0.15, -0.1) is 0 Å². The van der Waals surface area contributed by atoms with Crippen molar-refractivity contribution in [3.8, 4) is 5.75 Å². The van der Waals surface area contributed by atoms with Gasteiger partial charge in [0.25, 0.3) is 11.7 Å². The first-order chi connectivity index (χ1) is 16.3. The molecule has 3 aromatic rings. The number of carbonyl (C=O) groups excluding carboxylic acids is 2. The minimum Gasteiger partial charge on any atom is -0.507 e. The summed E-state index contributed by atoms with van der Waals surface area (Å²) < 4.78 is 5.89. The zero-order valence-corrected chi connectivity index (χ0v) is 20.0. The number of carbonyl (C=O) groups is 2. The van der Waals surface area contributed by atoms with Crippen molar-refractivity contribution in [2.24, 2.45) is 5.92 Å². The molecule has 1 fully saturated rings. The Hall–Kier alpha value is -3.57. The maximum absolute atomic E-state index is 13.3. The van der Waals surface area contributed by atoms with Crippen LogP contribution in [0.5, 0.6) is 5.75 Å². The van der Waals surface area contributed by atoms with E-state index in [1.165, 1.54) is 4.90 Å². The van der Waals surface area contributed by atoms with Crippen LogP contribution >= 0.6 is 11.6 Å². The summed E-state index contributed by atoms with van der Waals surface area (Å²) in [7, 11) is 0. The Labute approximate surface area is 204 Å². The van der Waals surface area contributed by atoms with Crippen LogP contribution in [0, 0.1) is 12.8 Å². The van der Waals surface area contributed by atoms with Gasteiger partial charge in [0.2, 0.25) is 0 Å². The fourth-order valence-corrected chi connectivity index (χ4v) is 4.12. The van der Waals surface area contributed by atoms with Gasteiger partial charge >= 0.3 is 0 Å². The van der Waals surface area contributed by atoms with E-state index in [0.717, 1.165) is 5.56 Å². The van der Waals surface area contributed by atoms with Gasteiger partial charge in [-0.25, -0.2) is 0 Å². The van der Waals surface area contributed by atoms with Crippen LogP contribution in [0.1, 0.15) is 36.6 Å². The molecule has 0 saturated carbocycles. The molecule has 0 aliphatic carbocycles. The van der Waals surface area contributed by atoms with E-state index in [1.54, 1.807) is 30.3 Å². The number of nitrogens with zero attached hydrogens (tertiary/aromatic N) is 1. The van der Waals surface area contributed by atoms with E-state index < -0.39 is 17.7 Å². The Morgan fingerprint density at radius 1 is 1.03 bits per heavy atom. The topological polar surface area (TPSA) is 66.8 Å². The van der Waals surface area contributed by atoms with Gasteiger partial charge in [0, 0.05) is 16.3 Å². The monoisotopic (exact) mass is 475 g/mol. The van der Waals surface area contributed by atoms with Crippen LogP contribution < -0.4 is 9.64 Å². The van der Waals surface area contributed by atoms with Crippen LogP contribution in [0.2, 0.25) is 5.02 Å². The molecule has 0 aromatic heterocycles. The van der Waals surface area contributed by atoms with Crippen molar-refractivity contribution in [2.45, 2.75) is 26.8 Å². The van der Waals surface area contributed by atoms with Crippen LogP contribution in [0.4, 0.5) is 5.69 Å². The van der Waals surface area contributed by atoms with E-state index in [9.17, 15) is 14.7 Å². The largest absolute Gasteiger partial charge is 0.507 e. The number of aliphatic hydroxyl groups is 1. The van der Waals surface area contributed by atoms with Crippen LogP contribution in [0.15, 0.2) is 78.4 Å². The summed E-state index contributed by atoms with van der Waals surface area (Å²) in [6.45, 7) is 6.57. The number of hydrogen-bond acceptors (Lipinski definition) is 4. The number of aliphatic hydroxyl groups excluding tert-OH is 1. The van der Waals surface area contributed by atoms with E-state index in [4.69, 9.17) is 16.3 Å². The third-order valence-electron chi connectivity index (χ3n) is 5.60. The molecule has 1 aliphatic rings. The maximum atomic E-state index is 13.3. The Kier molecular flexibility index (Phi) is 6.75. The van der Waals surface area contributed by atoms with Crippen molar-refractivity contribution in [1.82, 2.24) is 0 Å². The molecule has 1 saturated heterocycles.